The summed E-state index contributed by atoms with van der Waals surface area (Å²) >= 11 is 0. The fourth-order valence-electron chi connectivity index (χ4n) is 2.00. The number of primary amides is 1. The Bertz CT molecular complexity index is 490. The van der Waals surface area contributed by atoms with E-state index >= 15 is 0 Å². The lowest BCUT2D eigenvalue weighted by Gasteiger charge is -2.25. The van der Waals surface area contributed by atoms with Crippen LogP contribution in [0, 0.1) is 0 Å². The summed E-state index contributed by atoms with van der Waals surface area (Å²) in [5.74, 6) is -0.606. The maximum Gasteiger partial charge on any atom is 0.416 e. The number of anilines is 1. The number of hydrogen-bond acceptors (Lipinski definition) is 3. The number of nitrogens with two attached hydrogens (primary N) is 1. The first-order valence-electron chi connectivity index (χ1n) is 6.63. The van der Waals surface area contributed by atoms with Crippen LogP contribution in [0.1, 0.15) is 30.9 Å². The average Bonchev–Trinajstić information content (AvgIpc) is 2.41. The predicted molar refractivity (Wildman–Crippen MR) is 73.7 cm³/mol. The van der Waals surface area contributed by atoms with E-state index in [4.69, 9.17) is 10.8 Å². The molecule has 1 amide bonds. The van der Waals surface area contributed by atoms with Crippen LogP contribution in [0.4, 0.5) is 18.9 Å². The fraction of sp³-hybridized carbons (Fsp3) is 0.500. The largest absolute Gasteiger partial charge is 0.416 e. The molecule has 1 rings (SSSR count). The van der Waals surface area contributed by atoms with Gasteiger partial charge in [-0.2, -0.15) is 13.2 Å². The van der Waals surface area contributed by atoms with Gasteiger partial charge in [0.2, 0.25) is 5.91 Å². The van der Waals surface area contributed by atoms with Crippen LogP contribution in [0.15, 0.2) is 18.2 Å². The van der Waals surface area contributed by atoms with Crippen molar-refractivity contribution in [2.24, 2.45) is 5.73 Å². The molecule has 0 aliphatic heterocycles. The van der Waals surface area contributed by atoms with Crippen LogP contribution in [0.5, 0.6) is 0 Å². The molecule has 1 aromatic carbocycles. The quantitative estimate of drug-likeness (QED) is 0.812. The van der Waals surface area contributed by atoms with E-state index in [2.05, 4.69) is 0 Å². The van der Waals surface area contributed by atoms with Crippen molar-refractivity contribution in [3.63, 3.8) is 0 Å². The average molecular weight is 304 g/mol. The van der Waals surface area contributed by atoms with Crippen molar-refractivity contribution in [2.45, 2.75) is 32.5 Å². The molecule has 0 aliphatic carbocycles. The van der Waals surface area contributed by atoms with Crippen LogP contribution < -0.4 is 10.6 Å². The molecule has 7 heteroatoms. The molecule has 0 heterocycles. The van der Waals surface area contributed by atoms with E-state index in [1.54, 1.807) is 0 Å². The van der Waals surface area contributed by atoms with Crippen LogP contribution in [0.3, 0.4) is 0 Å². The molecule has 0 saturated heterocycles. The van der Waals surface area contributed by atoms with Crippen LogP contribution in [-0.2, 0) is 17.6 Å². The van der Waals surface area contributed by atoms with Crippen LogP contribution in [0.25, 0.3) is 0 Å². The summed E-state index contributed by atoms with van der Waals surface area (Å²) in [5, 5.41) is 9.01. The first-order chi connectivity index (χ1) is 9.79. The zero-order valence-corrected chi connectivity index (χ0v) is 11.8. The van der Waals surface area contributed by atoms with E-state index in [1.165, 1.54) is 17.0 Å². The van der Waals surface area contributed by atoms with Gasteiger partial charge in [-0.05, 0) is 24.1 Å². The van der Waals surface area contributed by atoms with Crippen molar-refractivity contribution in [3.05, 3.63) is 29.3 Å². The van der Waals surface area contributed by atoms with E-state index in [0.29, 0.717) is 6.54 Å². The standard InChI is InChI=1S/C14H19F3N2O2/c1-2-3-6-19(8-13(18)21)11-5-4-10(9-20)12(7-11)14(15,16)17/h4-5,7,20H,2-3,6,8-9H2,1H3,(H2,18,21). The van der Waals surface area contributed by atoms with Gasteiger partial charge in [-0.15, -0.1) is 0 Å². The van der Waals surface area contributed by atoms with Gasteiger partial charge in [-0.3, -0.25) is 4.79 Å². The molecule has 0 aromatic heterocycles. The summed E-state index contributed by atoms with van der Waals surface area (Å²) < 4.78 is 38.9. The van der Waals surface area contributed by atoms with E-state index in [1.807, 2.05) is 6.92 Å². The molecule has 0 bridgehead atoms. The monoisotopic (exact) mass is 304 g/mol. The SMILES string of the molecule is CCCCN(CC(N)=O)c1ccc(CO)c(C(F)(F)F)c1. The fourth-order valence-corrected chi connectivity index (χ4v) is 2.00. The van der Waals surface area contributed by atoms with Crippen molar-refractivity contribution >= 4 is 11.6 Å². The molecule has 0 unspecified atom stereocenters. The Balaban J connectivity index is 3.16. The van der Waals surface area contributed by atoms with Gasteiger partial charge in [0.15, 0.2) is 0 Å². The first kappa shape index (κ1) is 17.3. The number of carbonyl (C=O) groups excluding carboxylic acids is 1. The topological polar surface area (TPSA) is 66.6 Å². The van der Waals surface area contributed by atoms with Gasteiger partial charge in [0.25, 0.3) is 0 Å². The second kappa shape index (κ2) is 7.31. The molecular formula is C14H19F3N2O2. The van der Waals surface area contributed by atoms with Crippen molar-refractivity contribution < 1.29 is 23.1 Å². The van der Waals surface area contributed by atoms with E-state index < -0.39 is 24.3 Å². The third-order valence-corrected chi connectivity index (χ3v) is 3.06. The highest BCUT2D eigenvalue weighted by Crippen LogP contribution is 2.34. The summed E-state index contributed by atoms with van der Waals surface area (Å²) in [6.07, 6.45) is -2.98. The molecule has 0 atom stereocenters. The van der Waals surface area contributed by atoms with E-state index in [-0.39, 0.29) is 17.8 Å². The normalized spacial score (nSPS) is 11.5. The Labute approximate surface area is 121 Å². The second-order valence-corrected chi connectivity index (χ2v) is 4.74. The van der Waals surface area contributed by atoms with E-state index in [0.717, 1.165) is 18.9 Å². The maximum atomic E-state index is 13.0. The van der Waals surface area contributed by atoms with Gasteiger partial charge in [0.1, 0.15) is 0 Å². The van der Waals surface area contributed by atoms with Crippen molar-refractivity contribution in [1.82, 2.24) is 0 Å². The molecule has 0 saturated carbocycles. The van der Waals surface area contributed by atoms with Gasteiger partial charge >= 0.3 is 6.18 Å². The number of unbranched alkanes of at least 4 members (excludes halogenated alkanes) is 1. The third kappa shape index (κ3) is 4.93. The Hall–Kier alpha value is -1.76. The Morgan fingerprint density at radius 3 is 2.52 bits per heavy atom. The zero-order chi connectivity index (χ0) is 16.0. The number of nitrogens with zero attached hydrogens (tertiary/aromatic N) is 1. The summed E-state index contributed by atoms with van der Waals surface area (Å²) in [7, 11) is 0. The molecule has 0 radical (unpaired) electrons. The molecule has 21 heavy (non-hydrogen) atoms. The van der Waals surface area contributed by atoms with Gasteiger partial charge in [0, 0.05) is 12.2 Å². The number of aliphatic hydroxyl groups excluding tert-OH is 1. The Morgan fingerprint density at radius 1 is 1.38 bits per heavy atom. The lowest BCUT2D eigenvalue weighted by Crippen LogP contribution is -2.34. The lowest BCUT2D eigenvalue weighted by atomic mass is 10.1. The number of halogens is 3. The summed E-state index contributed by atoms with van der Waals surface area (Å²) in [4.78, 5) is 12.6. The number of aliphatic hydroxyl groups is 1. The van der Waals surface area contributed by atoms with Crippen LogP contribution >= 0.6 is 0 Å². The number of carbonyl (C=O) groups is 1. The van der Waals surface area contributed by atoms with Gasteiger partial charge in [-0.1, -0.05) is 19.4 Å². The maximum absolute atomic E-state index is 13.0. The minimum atomic E-state index is -4.56. The minimum Gasteiger partial charge on any atom is -0.392 e. The van der Waals surface area contributed by atoms with Crippen molar-refractivity contribution in [1.29, 1.82) is 0 Å². The molecule has 1 aromatic rings. The predicted octanol–water partition coefficient (Wildman–Crippen LogP) is 2.29. The van der Waals surface area contributed by atoms with Crippen molar-refractivity contribution in [2.75, 3.05) is 18.0 Å². The molecule has 0 fully saturated rings. The molecule has 4 nitrogen and oxygen atoms in total. The third-order valence-electron chi connectivity index (χ3n) is 3.06. The number of rotatable bonds is 7. The molecule has 3 N–H and O–H groups in total. The molecule has 118 valence electrons. The van der Waals surface area contributed by atoms with Gasteiger partial charge < -0.3 is 15.7 Å². The number of alkyl halides is 3. The lowest BCUT2D eigenvalue weighted by molar-refractivity contribution is -0.138. The Morgan fingerprint density at radius 2 is 2.05 bits per heavy atom. The molecular weight excluding hydrogens is 285 g/mol. The molecule has 0 aliphatic rings. The highest BCUT2D eigenvalue weighted by Gasteiger charge is 2.33. The van der Waals surface area contributed by atoms with Crippen LogP contribution in [0.2, 0.25) is 0 Å². The van der Waals surface area contributed by atoms with E-state index in [9.17, 15) is 18.0 Å². The first-order valence-corrected chi connectivity index (χ1v) is 6.63. The highest BCUT2D eigenvalue weighted by atomic mass is 19.4. The van der Waals surface area contributed by atoms with Gasteiger partial charge in [-0.25, -0.2) is 0 Å². The smallest absolute Gasteiger partial charge is 0.392 e. The number of amides is 1. The second-order valence-electron chi connectivity index (χ2n) is 4.74. The van der Waals surface area contributed by atoms with Crippen LogP contribution in [-0.4, -0.2) is 24.1 Å². The van der Waals surface area contributed by atoms with Gasteiger partial charge in [0.05, 0.1) is 18.7 Å². The number of benzene rings is 1. The van der Waals surface area contributed by atoms with Crippen molar-refractivity contribution in [3.8, 4) is 0 Å². The summed E-state index contributed by atoms with van der Waals surface area (Å²) in [5.41, 5.74) is 4.32. The Kier molecular flexibility index (Phi) is 6.02. The summed E-state index contributed by atoms with van der Waals surface area (Å²) in [6.45, 7) is 1.54. The highest BCUT2D eigenvalue weighted by molar-refractivity contribution is 5.79. The number of hydrogen-bond donors (Lipinski definition) is 2. The minimum absolute atomic E-state index is 0.143. The summed E-state index contributed by atoms with van der Waals surface area (Å²) in [6, 6.07) is 3.63. The zero-order valence-electron chi connectivity index (χ0n) is 11.8. The molecule has 0 spiro atoms.